The molecule has 0 saturated carbocycles. The number of amides is 2. The van der Waals surface area contributed by atoms with E-state index in [1.54, 1.807) is 42.5 Å². The lowest BCUT2D eigenvalue weighted by molar-refractivity contribution is -0.123. The number of halogens is 1. The molecule has 1 aromatic heterocycles. The summed E-state index contributed by atoms with van der Waals surface area (Å²) in [6, 6.07) is 39.4. The molecule has 7 aromatic rings. The highest BCUT2D eigenvalue weighted by Crippen LogP contribution is 2.57. The van der Waals surface area contributed by atoms with E-state index in [4.69, 9.17) is 35.9 Å². The van der Waals surface area contributed by atoms with E-state index in [-0.39, 0.29) is 55.0 Å². The van der Waals surface area contributed by atoms with E-state index in [1.807, 2.05) is 79.1 Å². The Kier molecular flexibility index (Phi) is 19.9. The van der Waals surface area contributed by atoms with Gasteiger partial charge < -0.3 is 69.9 Å². The van der Waals surface area contributed by atoms with Crippen LogP contribution < -0.4 is 26.0 Å². The van der Waals surface area contributed by atoms with Crippen molar-refractivity contribution in [3.8, 4) is 45.4 Å². The van der Waals surface area contributed by atoms with Gasteiger partial charge in [-0.3, -0.25) is 9.59 Å². The number of hydrogen-bond donors (Lipinski definition) is 8. The molecule has 3 heterocycles. The van der Waals surface area contributed by atoms with Crippen LogP contribution in [0.4, 0.5) is 15.8 Å². The number of nitrogens with one attached hydrogen (secondary N) is 4. The van der Waals surface area contributed by atoms with Gasteiger partial charge in [0.15, 0.2) is 10.7 Å². The van der Waals surface area contributed by atoms with Crippen LogP contribution in [-0.2, 0) is 35.9 Å². The number of ether oxygens (including phenoxy) is 5. The van der Waals surface area contributed by atoms with Gasteiger partial charge in [0.25, 0.3) is 5.91 Å². The number of carbonyl (C=O) groups excluding carboxylic acids is 3. The third-order valence-corrected chi connectivity index (χ3v) is 14.5. The average Bonchev–Trinajstić information content (AvgIpc) is 2.20. The largest absolute Gasteiger partial charge is 0.508 e. The number of esters is 1. The number of fused-ring (bicyclic) bond motifs is 6. The van der Waals surface area contributed by atoms with Crippen molar-refractivity contribution in [2.45, 2.75) is 76.2 Å². The van der Waals surface area contributed by atoms with Gasteiger partial charge in [0.2, 0.25) is 5.91 Å². The first-order valence-electron chi connectivity index (χ1n) is 27.8. The molecular formula is C64H68FN5O12S. The molecule has 2 aliphatic rings. The number of aliphatic hydroxyl groups excluding tert-OH is 2. The number of carbonyl (C=O) groups is 3. The number of phenolic OH excluding ortho intramolecular Hbond substituents is 2. The SMILES string of the molecule is CC(C)c1c(C(=O)Nc2ccccc2)c(-c2ccccc2)c(-c2ccc(F)cc2)n1CC[C@@H](O)C[C@@H](O)CC(=O)NCCCOCCOCCOCCCNC(=S)Nc1ccc2c(c1)C(=O)OC21c2ccc(O)cc2Oc2cc(O)ccc21. The lowest BCUT2D eigenvalue weighted by Crippen LogP contribution is -2.33. The van der Waals surface area contributed by atoms with E-state index in [0.29, 0.717) is 138 Å². The fraction of sp³-hybridized carbons (Fsp3) is 0.312. The van der Waals surface area contributed by atoms with E-state index in [0.717, 1.165) is 11.3 Å². The van der Waals surface area contributed by atoms with Crippen molar-refractivity contribution in [3.05, 3.63) is 179 Å². The number of anilines is 2. The van der Waals surface area contributed by atoms with Crippen LogP contribution in [0, 0.1) is 5.82 Å². The molecular weight excluding hydrogens is 1080 g/mol. The Morgan fingerprint density at radius 1 is 0.675 bits per heavy atom. The Morgan fingerprint density at radius 3 is 1.89 bits per heavy atom. The van der Waals surface area contributed by atoms with E-state index in [2.05, 4.69) is 21.3 Å². The zero-order valence-corrected chi connectivity index (χ0v) is 47.0. The molecule has 2 aliphatic heterocycles. The van der Waals surface area contributed by atoms with Gasteiger partial charge in [-0.25, -0.2) is 9.18 Å². The number of aromatic nitrogens is 1. The molecule has 0 bridgehead atoms. The molecule has 2 atom stereocenters. The summed E-state index contributed by atoms with van der Waals surface area (Å²) in [6.07, 6.45) is -0.897. The topological polar surface area (TPSA) is 231 Å². The monoisotopic (exact) mass is 1150 g/mol. The van der Waals surface area contributed by atoms with Crippen molar-refractivity contribution in [2.24, 2.45) is 0 Å². The zero-order valence-electron chi connectivity index (χ0n) is 46.2. The van der Waals surface area contributed by atoms with Crippen LogP contribution in [-0.4, -0.2) is 113 Å². The minimum atomic E-state index is -1.36. The number of hydrogen-bond acceptors (Lipinski definition) is 13. The molecule has 2 amide bonds. The van der Waals surface area contributed by atoms with Crippen LogP contribution in [0.3, 0.4) is 0 Å². The number of rotatable bonds is 27. The fourth-order valence-electron chi connectivity index (χ4n) is 10.6. The van der Waals surface area contributed by atoms with Gasteiger partial charge >= 0.3 is 5.97 Å². The predicted octanol–water partition coefficient (Wildman–Crippen LogP) is 10.1. The maximum Gasteiger partial charge on any atom is 0.340 e. The first-order valence-corrected chi connectivity index (χ1v) is 28.2. The molecule has 434 valence electrons. The second-order valence-electron chi connectivity index (χ2n) is 20.6. The zero-order chi connectivity index (χ0) is 58.5. The first-order chi connectivity index (χ1) is 40.2. The van der Waals surface area contributed by atoms with Crippen molar-refractivity contribution in [2.75, 3.05) is 63.4 Å². The molecule has 0 saturated heterocycles. The molecule has 83 heavy (non-hydrogen) atoms. The van der Waals surface area contributed by atoms with E-state index in [1.165, 1.54) is 36.4 Å². The summed E-state index contributed by atoms with van der Waals surface area (Å²) in [7, 11) is 0. The maximum atomic E-state index is 14.4. The van der Waals surface area contributed by atoms with Gasteiger partial charge in [-0.1, -0.05) is 68.4 Å². The summed E-state index contributed by atoms with van der Waals surface area (Å²) in [5.74, 6) is -1.19. The molecule has 0 aliphatic carbocycles. The number of aromatic hydroxyl groups is 2. The van der Waals surface area contributed by atoms with Crippen molar-refractivity contribution in [3.63, 3.8) is 0 Å². The molecule has 0 unspecified atom stereocenters. The molecule has 9 rings (SSSR count). The molecule has 0 radical (unpaired) electrons. The molecule has 0 fully saturated rings. The summed E-state index contributed by atoms with van der Waals surface area (Å²) in [6.45, 7) is 7.52. The van der Waals surface area contributed by atoms with Crippen molar-refractivity contribution in [1.82, 2.24) is 15.2 Å². The van der Waals surface area contributed by atoms with Gasteiger partial charge in [0.1, 0.15) is 28.8 Å². The highest BCUT2D eigenvalue weighted by Gasteiger charge is 2.54. The van der Waals surface area contributed by atoms with Crippen LogP contribution in [0.2, 0.25) is 0 Å². The highest BCUT2D eigenvalue weighted by molar-refractivity contribution is 7.80. The fourth-order valence-corrected chi connectivity index (χ4v) is 10.8. The van der Waals surface area contributed by atoms with Crippen LogP contribution in [0.5, 0.6) is 23.0 Å². The van der Waals surface area contributed by atoms with E-state index < -0.39 is 29.6 Å². The van der Waals surface area contributed by atoms with Gasteiger partial charge in [-0.2, -0.15) is 0 Å². The average molecular weight is 1150 g/mol. The minimum absolute atomic E-state index is 0.0249. The first kappa shape index (κ1) is 59.5. The lowest BCUT2D eigenvalue weighted by Gasteiger charge is -2.36. The minimum Gasteiger partial charge on any atom is -0.508 e. The Bertz CT molecular complexity index is 3350. The molecule has 19 heteroatoms. The van der Waals surface area contributed by atoms with E-state index in [9.17, 15) is 39.2 Å². The number of nitrogens with zero attached hydrogens (tertiary/aromatic N) is 1. The number of para-hydroxylation sites is 1. The van der Waals surface area contributed by atoms with Gasteiger partial charge in [-0.15, -0.1) is 0 Å². The van der Waals surface area contributed by atoms with Crippen molar-refractivity contribution in [1.29, 1.82) is 0 Å². The van der Waals surface area contributed by atoms with Crippen LogP contribution in [0.25, 0.3) is 22.4 Å². The van der Waals surface area contributed by atoms with Crippen LogP contribution >= 0.6 is 12.2 Å². The molecule has 1 spiro atoms. The maximum absolute atomic E-state index is 14.4. The summed E-state index contributed by atoms with van der Waals surface area (Å²) >= 11 is 5.52. The third kappa shape index (κ3) is 14.4. The third-order valence-electron chi connectivity index (χ3n) is 14.3. The Balaban J connectivity index is 0.640. The lowest BCUT2D eigenvalue weighted by atomic mass is 9.77. The van der Waals surface area contributed by atoms with Gasteiger partial charge in [0.05, 0.1) is 61.9 Å². The quantitative estimate of drug-likeness (QED) is 0.0136. The predicted molar refractivity (Wildman–Crippen MR) is 317 cm³/mol. The second kappa shape index (κ2) is 27.7. The highest BCUT2D eigenvalue weighted by atomic mass is 32.1. The second-order valence-corrected chi connectivity index (χ2v) is 21.0. The van der Waals surface area contributed by atoms with Gasteiger partial charge in [0, 0.05) is 84.3 Å². The molecule has 17 nitrogen and oxygen atoms in total. The summed E-state index contributed by atoms with van der Waals surface area (Å²) in [5.41, 5.74) is 5.94. The summed E-state index contributed by atoms with van der Waals surface area (Å²) in [4.78, 5) is 40.6. The Labute approximate surface area is 486 Å². The summed E-state index contributed by atoms with van der Waals surface area (Å²) < 4.78 is 45.5. The molecule has 8 N–H and O–H groups in total. The number of aliphatic hydroxyl groups is 2. The Morgan fingerprint density at radius 2 is 1.27 bits per heavy atom. The summed E-state index contributed by atoms with van der Waals surface area (Å²) in [5, 5.41) is 55.1. The van der Waals surface area contributed by atoms with Crippen LogP contribution in [0.15, 0.2) is 140 Å². The molecule has 6 aromatic carbocycles. The van der Waals surface area contributed by atoms with Crippen molar-refractivity contribution >= 4 is 46.5 Å². The van der Waals surface area contributed by atoms with Crippen molar-refractivity contribution < 1.29 is 62.9 Å². The number of phenols is 2. The number of thiocarbonyl (C=S) groups is 1. The normalized spacial score (nSPS) is 13.5. The smallest absolute Gasteiger partial charge is 0.340 e. The van der Waals surface area contributed by atoms with Gasteiger partial charge in [-0.05, 0) is 128 Å². The Hall–Kier alpha value is -8.17. The van der Waals surface area contributed by atoms with Crippen LogP contribution in [0.1, 0.15) is 95.0 Å². The standard InChI is InChI=1S/C64H68FN5O12S/c1-40(2)59-58(61(76)68-44-13-7-4-8-14-44)57(41-11-5-3-6-12-41)60(42-15-17-43(65)18-16-42)70(59)28-25-48(73)36-49(74)39-56(75)66-26-9-29-78-31-33-80-34-32-79-30-10-27-67-63(83)69-45-19-22-51-50(35-45)62(77)82-64(51)52-23-20-46(71)37-54(52)81-55-38-47(72)21-24-53(55)64/h3-8,11-24,35,37-38,40,48-49,71-74H,9-10,25-34,36,39H2,1-2H3,(H,66,75)(H,68,76)(H2,67,69,83)/t48-,49-/m1/s1. The number of benzene rings is 6. The van der Waals surface area contributed by atoms with E-state index >= 15 is 0 Å².